The van der Waals surface area contributed by atoms with Crippen LogP contribution in [0.3, 0.4) is 0 Å². The molecule has 1 aliphatic rings. The van der Waals surface area contributed by atoms with E-state index in [9.17, 15) is 13.2 Å². The molecule has 8 heteroatoms. The molecule has 0 aromatic heterocycles. The fraction of sp³-hybridized carbons (Fsp3) is 0.250. The molecule has 3 rings (SSSR count). The third-order valence-electron chi connectivity index (χ3n) is 4.19. The van der Waals surface area contributed by atoms with Crippen molar-refractivity contribution in [1.82, 2.24) is 4.31 Å². The predicted octanol–water partition coefficient (Wildman–Crippen LogP) is 3.12. The van der Waals surface area contributed by atoms with Crippen molar-refractivity contribution >= 4 is 33.7 Å². The van der Waals surface area contributed by atoms with Crippen LogP contribution in [0.25, 0.3) is 6.08 Å². The van der Waals surface area contributed by atoms with E-state index in [1.54, 1.807) is 42.5 Å². The van der Waals surface area contributed by atoms with E-state index in [1.165, 1.54) is 22.5 Å². The summed E-state index contributed by atoms with van der Waals surface area (Å²) in [7, 11) is -3.52. The van der Waals surface area contributed by atoms with Crippen LogP contribution in [0.15, 0.2) is 59.5 Å². The molecule has 0 saturated carbocycles. The molecule has 0 atom stereocenters. The Hall–Kier alpha value is -2.19. The van der Waals surface area contributed by atoms with E-state index in [2.05, 4.69) is 0 Å². The van der Waals surface area contributed by atoms with Crippen LogP contribution in [0.5, 0.6) is 0 Å². The maximum absolute atomic E-state index is 12.6. The molecule has 6 nitrogen and oxygen atoms in total. The first-order chi connectivity index (χ1) is 13.4. The minimum absolute atomic E-state index is 0.150. The Morgan fingerprint density at radius 1 is 1.07 bits per heavy atom. The average Bonchev–Trinajstić information content (AvgIpc) is 2.73. The van der Waals surface area contributed by atoms with Gasteiger partial charge in [0.1, 0.15) is 6.61 Å². The molecule has 28 heavy (non-hydrogen) atoms. The summed E-state index contributed by atoms with van der Waals surface area (Å²) in [6, 6.07) is 13.4. The van der Waals surface area contributed by atoms with Gasteiger partial charge in [0.25, 0.3) is 0 Å². The van der Waals surface area contributed by atoms with Gasteiger partial charge in [-0.3, -0.25) is 0 Å². The average molecular weight is 422 g/mol. The van der Waals surface area contributed by atoms with Gasteiger partial charge in [-0.05, 0) is 41.5 Å². The van der Waals surface area contributed by atoms with Crippen LogP contribution in [-0.4, -0.2) is 45.0 Å². The van der Waals surface area contributed by atoms with Gasteiger partial charge in [-0.25, -0.2) is 13.2 Å². The third kappa shape index (κ3) is 5.42. The Bertz CT molecular complexity index is 934. The normalized spacial score (nSPS) is 15.6. The molecule has 0 radical (unpaired) electrons. The summed E-state index contributed by atoms with van der Waals surface area (Å²) in [5.74, 6) is -0.486. The smallest absolute Gasteiger partial charge is 0.331 e. The minimum atomic E-state index is -3.52. The highest BCUT2D eigenvalue weighted by atomic mass is 35.5. The van der Waals surface area contributed by atoms with Gasteiger partial charge in [0.2, 0.25) is 10.0 Å². The van der Waals surface area contributed by atoms with Crippen molar-refractivity contribution in [2.75, 3.05) is 26.3 Å². The molecule has 0 aliphatic carbocycles. The first-order valence-corrected chi connectivity index (χ1v) is 10.5. The second kappa shape index (κ2) is 9.34. The van der Waals surface area contributed by atoms with E-state index in [0.29, 0.717) is 36.9 Å². The van der Waals surface area contributed by atoms with Crippen LogP contribution in [0, 0.1) is 0 Å². The van der Waals surface area contributed by atoms with Crippen LogP contribution >= 0.6 is 11.6 Å². The molecule has 0 amide bonds. The number of carbonyl (C=O) groups is 1. The standard InChI is InChI=1S/C20H20ClNO5S/c21-18-6-1-17(2-7-18)15-27-20(23)10-5-16-3-8-19(9-4-16)28(24,25)22-11-13-26-14-12-22/h1-10H,11-15H2/b10-5+. The predicted molar refractivity (Wildman–Crippen MR) is 106 cm³/mol. The third-order valence-corrected chi connectivity index (χ3v) is 6.36. The lowest BCUT2D eigenvalue weighted by molar-refractivity contribution is -0.138. The topological polar surface area (TPSA) is 72.9 Å². The van der Waals surface area contributed by atoms with E-state index < -0.39 is 16.0 Å². The number of hydrogen-bond acceptors (Lipinski definition) is 5. The fourth-order valence-corrected chi connectivity index (χ4v) is 4.17. The zero-order valence-corrected chi connectivity index (χ0v) is 16.7. The maximum Gasteiger partial charge on any atom is 0.331 e. The van der Waals surface area contributed by atoms with Crippen LogP contribution in [-0.2, 0) is 30.9 Å². The molecule has 1 fully saturated rings. The van der Waals surface area contributed by atoms with Crippen LogP contribution < -0.4 is 0 Å². The second-order valence-electron chi connectivity index (χ2n) is 6.15. The van der Waals surface area contributed by atoms with Crippen molar-refractivity contribution in [3.63, 3.8) is 0 Å². The molecule has 148 valence electrons. The van der Waals surface area contributed by atoms with Gasteiger partial charge in [0, 0.05) is 24.2 Å². The molecule has 0 bridgehead atoms. The van der Waals surface area contributed by atoms with E-state index >= 15 is 0 Å². The van der Waals surface area contributed by atoms with Gasteiger partial charge in [-0.1, -0.05) is 35.9 Å². The summed E-state index contributed by atoms with van der Waals surface area (Å²) in [5.41, 5.74) is 1.54. The van der Waals surface area contributed by atoms with Gasteiger partial charge in [-0.15, -0.1) is 0 Å². The first kappa shape index (κ1) is 20.5. The summed E-state index contributed by atoms with van der Waals surface area (Å²) in [5, 5.41) is 0.619. The molecular formula is C20H20ClNO5S. The van der Waals surface area contributed by atoms with Gasteiger partial charge in [-0.2, -0.15) is 4.31 Å². The Labute approximate surface area is 169 Å². The van der Waals surface area contributed by atoms with Crippen molar-refractivity contribution < 1.29 is 22.7 Å². The van der Waals surface area contributed by atoms with Crippen molar-refractivity contribution in [1.29, 1.82) is 0 Å². The Morgan fingerprint density at radius 3 is 2.36 bits per heavy atom. The summed E-state index contributed by atoms with van der Waals surface area (Å²) in [6.07, 6.45) is 2.89. The number of benzene rings is 2. The van der Waals surface area contributed by atoms with Crippen LogP contribution in [0.4, 0.5) is 0 Å². The van der Waals surface area contributed by atoms with Crippen molar-refractivity contribution in [3.8, 4) is 0 Å². The van der Waals surface area contributed by atoms with E-state index in [-0.39, 0.29) is 11.5 Å². The molecule has 1 aliphatic heterocycles. The van der Waals surface area contributed by atoms with Crippen LogP contribution in [0.2, 0.25) is 5.02 Å². The minimum Gasteiger partial charge on any atom is -0.458 e. The molecule has 0 N–H and O–H groups in total. The SMILES string of the molecule is O=C(/C=C/c1ccc(S(=O)(=O)N2CCOCC2)cc1)OCc1ccc(Cl)cc1. The van der Waals surface area contributed by atoms with Gasteiger partial charge >= 0.3 is 5.97 Å². The van der Waals surface area contributed by atoms with Crippen molar-refractivity contribution in [2.45, 2.75) is 11.5 Å². The number of esters is 1. The Balaban J connectivity index is 1.57. The lowest BCUT2D eigenvalue weighted by atomic mass is 10.2. The lowest BCUT2D eigenvalue weighted by Gasteiger charge is -2.26. The number of rotatable bonds is 6. The molecule has 0 spiro atoms. The summed E-state index contributed by atoms with van der Waals surface area (Å²) < 4.78 is 36.9. The van der Waals surface area contributed by atoms with Crippen LogP contribution in [0.1, 0.15) is 11.1 Å². The Morgan fingerprint density at radius 2 is 1.71 bits per heavy atom. The quantitative estimate of drug-likeness (QED) is 0.529. The summed E-state index contributed by atoms with van der Waals surface area (Å²) in [4.78, 5) is 12.1. The largest absolute Gasteiger partial charge is 0.458 e. The van der Waals surface area contributed by atoms with E-state index in [1.807, 2.05) is 0 Å². The monoisotopic (exact) mass is 421 g/mol. The summed E-state index contributed by atoms with van der Waals surface area (Å²) >= 11 is 5.81. The number of carbonyl (C=O) groups excluding carboxylic acids is 1. The van der Waals surface area contributed by atoms with Gasteiger partial charge in [0.15, 0.2) is 0 Å². The number of hydrogen-bond donors (Lipinski definition) is 0. The lowest BCUT2D eigenvalue weighted by Crippen LogP contribution is -2.40. The van der Waals surface area contributed by atoms with Crippen molar-refractivity contribution in [2.24, 2.45) is 0 Å². The molecule has 0 unspecified atom stereocenters. The highest BCUT2D eigenvalue weighted by Crippen LogP contribution is 2.18. The number of nitrogens with zero attached hydrogens (tertiary/aromatic N) is 1. The zero-order chi connectivity index (χ0) is 20.0. The highest BCUT2D eigenvalue weighted by Gasteiger charge is 2.25. The van der Waals surface area contributed by atoms with E-state index in [4.69, 9.17) is 21.1 Å². The second-order valence-corrected chi connectivity index (χ2v) is 8.53. The van der Waals surface area contributed by atoms with Gasteiger partial charge < -0.3 is 9.47 Å². The van der Waals surface area contributed by atoms with Gasteiger partial charge in [0.05, 0.1) is 18.1 Å². The van der Waals surface area contributed by atoms with E-state index in [0.717, 1.165) is 5.56 Å². The fourth-order valence-electron chi connectivity index (χ4n) is 2.63. The number of sulfonamides is 1. The molecule has 2 aromatic rings. The highest BCUT2D eigenvalue weighted by molar-refractivity contribution is 7.89. The number of halogens is 1. The van der Waals surface area contributed by atoms with Crippen molar-refractivity contribution in [3.05, 3.63) is 70.8 Å². The zero-order valence-electron chi connectivity index (χ0n) is 15.1. The first-order valence-electron chi connectivity index (χ1n) is 8.72. The molecule has 1 saturated heterocycles. The molecular weight excluding hydrogens is 402 g/mol. The Kier molecular flexibility index (Phi) is 6.85. The summed E-state index contributed by atoms with van der Waals surface area (Å²) in [6.45, 7) is 1.65. The molecule has 2 aromatic carbocycles. The molecule has 1 heterocycles. The maximum atomic E-state index is 12.6. The number of ether oxygens (including phenoxy) is 2. The number of morpholine rings is 1.